The van der Waals surface area contributed by atoms with Crippen LogP contribution in [0.25, 0.3) is 0 Å². The average molecular weight is 341 g/mol. The molecule has 2 aromatic carbocycles. The van der Waals surface area contributed by atoms with E-state index in [1.807, 2.05) is 19.9 Å². The highest BCUT2D eigenvalue weighted by Gasteiger charge is 2.22. The number of Topliss-reactive ketones (excluding diaryl/α,β-unsaturated/α-hetero) is 1. The molecule has 0 saturated carbocycles. The van der Waals surface area contributed by atoms with E-state index in [1.165, 1.54) is 19.1 Å². The number of ether oxygens (including phenoxy) is 1. The summed E-state index contributed by atoms with van der Waals surface area (Å²) in [6, 6.07) is 9.35. The monoisotopic (exact) mass is 341 g/mol. The van der Waals surface area contributed by atoms with E-state index in [2.05, 4.69) is 0 Å². The highest BCUT2D eigenvalue weighted by atomic mass is 16.6. The number of aryl methyl sites for hydroxylation is 3. The second kappa shape index (κ2) is 7.25. The van der Waals surface area contributed by atoms with Crippen molar-refractivity contribution in [2.24, 2.45) is 0 Å². The van der Waals surface area contributed by atoms with Gasteiger partial charge >= 0.3 is 5.97 Å². The van der Waals surface area contributed by atoms with Gasteiger partial charge in [0.2, 0.25) is 5.78 Å². The quantitative estimate of drug-likeness (QED) is 0.356. The fourth-order valence-corrected chi connectivity index (χ4v) is 2.34. The Morgan fingerprint density at radius 3 is 2.16 bits per heavy atom. The Hall–Kier alpha value is -3.02. The summed E-state index contributed by atoms with van der Waals surface area (Å²) < 4.78 is 5.19. The Labute approximate surface area is 145 Å². The second-order valence-electron chi connectivity index (χ2n) is 5.97. The maximum atomic E-state index is 12.4. The normalized spacial score (nSPS) is 11.7. The standard InChI is InChI=1S/C19H19NO5/c1-11-5-7-15(9-13(11)3)18(21)14(4)25-19(22)16-8-6-12(2)17(10-16)20(23)24/h5-10,14H,1-4H3/t14-/m0/s1. The average Bonchev–Trinajstić information content (AvgIpc) is 2.56. The van der Waals surface area contributed by atoms with E-state index in [4.69, 9.17) is 4.74 Å². The molecule has 0 aliphatic carbocycles. The Morgan fingerprint density at radius 1 is 0.960 bits per heavy atom. The maximum Gasteiger partial charge on any atom is 0.339 e. The van der Waals surface area contributed by atoms with Crippen LogP contribution in [-0.4, -0.2) is 22.8 Å². The molecule has 130 valence electrons. The van der Waals surface area contributed by atoms with Crippen molar-refractivity contribution in [1.29, 1.82) is 0 Å². The first-order valence-electron chi connectivity index (χ1n) is 7.78. The number of rotatable bonds is 5. The molecule has 0 N–H and O–H groups in total. The molecule has 6 nitrogen and oxygen atoms in total. The van der Waals surface area contributed by atoms with Gasteiger partial charge in [0.05, 0.1) is 10.5 Å². The van der Waals surface area contributed by atoms with Crippen LogP contribution < -0.4 is 0 Å². The zero-order valence-corrected chi connectivity index (χ0v) is 14.5. The largest absolute Gasteiger partial charge is 0.451 e. The topological polar surface area (TPSA) is 86.5 Å². The van der Waals surface area contributed by atoms with E-state index in [-0.39, 0.29) is 17.0 Å². The second-order valence-corrected chi connectivity index (χ2v) is 5.97. The number of hydrogen-bond acceptors (Lipinski definition) is 5. The third kappa shape index (κ3) is 4.09. The molecule has 25 heavy (non-hydrogen) atoms. The molecule has 0 amide bonds. The van der Waals surface area contributed by atoms with Gasteiger partial charge in [0.15, 0.2) is 6.10 Å². The van der Waals surface area contributed by atoms with E-state index in [1.54, 1.807) is 19.1 Å². The highest BCUT2D eigenvalue weighted by molar-refractivity contribution is 6.01. The molecule has 1 atom stereocenters. The molecule has 6 heteroatoms. The fourth-order valence-electron chi connectivity index (χ4n) is 2.34. The lowest BCUT2D eigenvalue weighted by molar-refractivity contribution is -0.385. The van der Waals surface area contributed by atoms with E-state index in [0.717, 1.165) is 17.2 Å². The molecule has 0 spiro atoms. The van der Waals surface area contributed by atoms with Gasteiger partial charge in [-0.1, -0.05) is 18.2 Å². The number of carbonyl (C=O) groups is 2. The summed E-state index contributed by atoms with van der Waals surface area (Å²) in [5.41, 5.74) is 2.81. The number of nitrogens with zero attached hydrogens (tertiary/aromatic N) is 1. The molecule has 0 aromatic heterocycles. The predicted molar refractivity (Wildman–Crippen MR) is 93.0 cm³/mol. The van der Waals surface area contributed by atoms with Crippen LogP contribution in [0.15, 0.2) is 36.4 Å². The first-order chi connectivity index (χ1) is 11.7. The van der Waals surface area contributed by atoms with Crippen molar-refractivity contribution >= 4 is 17.4 Å². The SMILES string of the molecule is Cc1ccc(C(=O)[C@H](C)OC(=O)c2ccc(C)c([N+](=O)[O-])c2)cc1C. The summed E-state index contributed by atoms with van der Waals surface area (Å²) in [5, 5.41) is 11.0. The summed E-state index contributed by atoms with van der Waals surface area (Å²) in [4.78, 5) is 35.0. The van der Waals surface area contributed by atoms with Gasteiger partial charge in [-0.25, -0.2) is 4.79 Å². The van der Waals surface area contributed by atoms with Crippen LogP contribution in [0.3, 0.4) is 0 Å². The molecule has 0 unspecified atom stereocenters. The van der Waals surface area contributed by atoms with Crippen molar-refractivity contribution < 1.29 is 19.2 Å². The van der Waals surface area contributed by atoms with Gasteiger partial charge in [0, 0.05) is 17.2 Å². The van der Waals surface area contributed by atoms with Gasteiger partial charge in [0.25, 0.3) is 5.69 Å². The van der Waals surface area contributed by atoms with Crippen molar-refractivity contribution in [2.45, 2.75) is 33.8 Å². The molecular weight excluding hydrogens is 322 g/mol. The summed E-state index contributed by atoms with van der Waals surface area (Å²) in [7, 11) is 0. The minimum Gasteiger partial charge on any atom is -0.451 e. The van der Waals surface area contributed by atoms with Crippen molar-refractivity contribution in [2.75, 3.05) is 0 Å². The summed E-state index contributed by atoms with van der Waals surface area (Å²) in [5.74, 6) is -1.09. The number of ketones is 1. The third-order valence-corrected chi connectivity index (χ3v) is 4.09. The van der Waals surface area contributed by atoms with Crippen molar-refractivity contribution in [3.8, 4) is 0 Å². The van der Waals surface area contributed by atoms with Crippen LogP contribution in [0, 0.1) is 30.9 Å². The molecule has 0 bridgehead atoms. The first-order valence-corrected chi connectivity index (χ1v) is 7.78. The summed E-state index contributed by atoms with van der Waals surface area (Å²) >= 11 is 0. The van der Waals surface area contributed by atoms with Crippen LogP contribution in [0.5, 0.6) is 0 Å². The molecule has 2 aromatic rings. The van der Waals surface area contributed by atoms with Crippen molar-refractivity contribution in [3.05, 3.63) is 74.3 Å². The molecule has 0 radical (unpaired) electrons. The lowest BCUT2D eigenvalue weighted by Gasteiger charge is -2.13. The minimum atomic E-state index is -0.991. The third-order valence-electron chi connectivity index (χ3n) is 4.09. The Bertz CT molecular complexity index is 857. The van der Waals surface area contributed by atoms with Crippen LogP contribution in [0.2, 0.25) is 0 Å². The zero-order chi connectivity index (χ0) is 18.7. The van der Waals surface area contributed by atoms with Gasteiger partial charge in [-0.05, 0) is 51.0 Å². The number of benzene rings is 2. The number of nitro benzene ring substituents is 1. The summed E-state index contributed by atoms with van der Waals surface area (Å²) in [6.45, 7) is 6.91. The van der Waals surface area contributed by atoms with Gasteiger partial charge < -0.3 is 4.74 Å². The smallest absolute Gasteiger partial charge is 0.339 e. The molecule has 0 saturated heterocycles. The van der Waals surface area contributed by atoms with E-state index >= 15 is 0 Å². The van der Waals surface area contributed by atoms with Crippen molar-refractivity contribution in [1.82, 2.24) is 0 Å². The summed E-state index contributed by atoms with van der Waals surface area (Å²) in [6.07, 6.45) is -0.991. The van der Waals surface area contributed by atoms with Gasteiger partial charge in [-0.2, -0.15) is 0 Å². The maximum absolute atomic E-state index is 12.4. The predicted octanol–water partition coefficient (Wildman–Crippen LogP) is 3.95. The lowest BCUT2D eigenvalue weighted by atomic mass is 10.0. The molecule has 0 aliphatic heterocycles. The van der Waals surface area contributed by atoms with Crippen LogP contribution in [0.4, 0.5) is 5.69 Å². The Balaban J connectivity index is 2.16. The molecule has 2 rings (SSSR count). The fraction of sp³-hybridized carbons (Fsp3) is 0.263. The van der Waals surface area contributed by atoms with Gasteiger partial charge in [-0.15, -0.1) is 0 Å². The van der Waals surface area contributed by atoms with Crippen molar-refractivity contribution in [3.63, 3.8) is 0 Å². The number of esters is 1. The highest BCUT2D eigenvalue weighted by Crippen LogP contribution is 2.20. The molecule has 0 fully saturated rings. The first kappa shape index (κ1) is 18.3. The molecular formula is C19H19NO5. The van der Waals surface area contributed by atoms with Gasteiger partial charge in [0.1, 0.15) is 0 Å². The van der Waals surface area contributed by atoms with Gasteiger partial charge in [-0.3, -0.25) is 14.9 Å². The Kier molecular flexibility index (Phi) is 5.32. The minimum absolute atomic E-state index is 0.0389. The Morgan fingerprint density at radius 2 is 1.56 bits per heavy atom. The van der Waals surface area contributed by atoms with E-state index in [9.17, 15) is 19.7 Å². The molecule has 0 heterocycles. The lowest BCUT2D eigenvalue weighted by Crippen LogP contribution is -2.24. The molecule has 0 aliphatic rings. The number of hydrogen-bond donors (Lipinski definition) is 0. The van der Waals surface area contributed by atoms with Crippen LogP contribution in [0.1, 0.15) is 44.3 Å². The number of nitro groups is 1. The van der Waals surface area contributed by atoms with Crippen LogP contribution >= 0.6 is 0 Å². The van der Waals surface area contributed by atoms with Crippen LogP contribution in [-0.2, 0) is 4.74 Å². The number of carbonyl (C=O) groups excluding carboxylic acids is 2. The van der Waals surface area contributed by atoms with E-state index < -0.39 is 17.0 Å². The van der Waals surface area contributed by atoms with E-state index in [0.29, 0.717) is 11.1 Å². The zero-order valence-electron chi connectivity index (χ0n) is 14.5.